The van der Waals surface area contributed by atoms with E-state index in [9.17, 15) is 10.1 Å². The highest BCUT2D eigenvalue weighted by molar-refractivity contribution is 5.98. The van der Waals surface area contributed by atoms with Crippen LogP contribution < -0.4 is 0 Å². The van der Waals surface area contributed by atoms with E-state index in [0.717, 1.165) is 16.6 Å². The second-order valence-electron chi connectivity index (χ2n) is 4.96. The lowest BCUT2D eigenvalue weighted by molar-refractivity contribution is -0.384. The lowest BCUT2D eigenvalue weighted by Gasteiger charge is -2.11. The molecule has 0 bridgehead atoms. The fourth-order valence-electron chi connectivity index (χ4n) is 2.62. The van der Waals surface area contributed by atoms with Crippen molar-refractivity contribution in [2.24, 2.45) is 0 Å². The number of aryl methyl sites for hydroxylation is 1. The maximum absolute atomic E-state index is 11.4. The minimum Gasteiger partial charge on any atom is -0.396 e. The van der Waals surface area contributed by atoms with Crippen molar-refractivity contribution in [3.63, 3.8) is 0 Å². The zero-order valence-electron chi connectivity index (χ0n) is 11.8. The van der Waals surface area contributed by atoms with Crippen molar-refractivity contribution in [2.75, 3.05) is 6.61 Å². The molecule has 0 spiro atoms. The summed E-state index contributed by atoms with van der Waals surface area (Å²) in [6.45, 7) is 0.684. The first-order valence-corrected chi connectivity index (χ1v) is 7.01. The molecule has 0 radical (unpaired) electrons. The Kier molecular flexibility index (Phi) is 3.84. The molecule has 0 aliphatic carbocycles. The molecule has 0 saturated carbocycles. The van der Waals surface area contributed by atoms with Gasteiger partial charge in [-0.05, 0) is 24.6 Å². The number of rotatable bonds is 5. The lowest BCUT2D eigenvalue weighted by Crippen LogP contribution is -2.03. The number of para-hydroxylation sites is 1. The van der Waals surface area contributed by atoms with Gasteiger partial charge >= 0.3 is 0 Å². The van der Waals surface area contributed by atoms with Crippen LogP contribution in [-0.4, -0.2) is 26.2 Å². The van der Waals surface area contributed by atoms with E-state index in [1.54, 1.807) is 0 Å². The molecular formula is C16H15N3O3. The number of hydrogen-bond donors (Lipinski definition) is 1. The van der Waals surface area contributed by atoms with E-state index in [1.165, 1.54) is 6.20 Å². The molecule has 0 amide bonds. The summed E-state index contributed by atoms with van der Waals surface area (Å²) in [6.07, 6.45) is 3.77. The van der Waals surface area contributed by atoms with E-state index in [4.69, 9.17) is 5.11 Å². The molecule has 0 aliphatic rings. The summed E-state index contributed by atoms with van der Waals surface area (Å²) in [4.78, 5) is 15.2. The van der Waals surface area contributed by atoms with Gasteiger partial charge in [0, 0.05) is 24.7 Å². The van der Waals surface area contributed by atoms with Crippen LogP contribution >= 0.6 is 0 Å². The Morgan fingerprint density at radius 2 is 2.05 bits per heavy atom. The average Bonchev–Trinajstić information content (AvgIpc) is 2.99. The topological polar surface area (TPSA) is 81.2 Å². The summed E-state index contributed by atoms with van der Waals surface area (Å²) >= 11 is 0. The first kappa shape index (κ1) is 14.2. The standard InChI is InChI=1S/C16H15N3O3/c20-10-4-9-18-8-3-7-14(18)16-12-5-1-2-6-13(12)17-11-15(16)19(21)22/h1-3,5-8,11,20H,4,9-10H2. The van der Waals surface area contributed by atoms with Gasteiger partial charge in [-0.2, -0.15) is 0 Å². The first-order chi connectivity index (χ1) is 10.7. The number of fused-ring (bicyclic) bond motifs is 1. The number of nitro groups is 1. The van der Waals surface area contributed by atoms with E-state index >= 15 is 0 Å². The minimum absolute atomic E-state index is 0.0114. The van der Waals surface area contributed by atoms with Gasteiger partial charge in [-0.1, -0.05) is 18.2 Å². The summed E-state index contributed by atoms with van der Waals surface area (Å²) < 4.78 is 1.92. The first-order valence-electron chi connectivity index (χ1n) is 7.01. The zero-order valence-corrected chi connectivity index (χ0v) is 11.8. The molecule has 0 aliphatic heterocycles. The second-order valence-corrected chi connectivity index (χ2v) is 4.96. The van der Waals surface area contributed by atoms with Crippen molar-refractivity contribution < 1.29 is 10.0 Å². The Balaban J connectivity index is 2.26. The van der Waals surface area contributed by atoms with Crippen molar-refractivity contribution in [1.82, 2.24) is 9.55 Å². The third-order valence-electron chi connectivity index (χ3n) is 3.59. The quantitative estimate of drug-likeness (QED) is 0.580. The number of benzene rings is 1. The highest BCUT2D eigenvalue weighted by atomic mass is 16.6. The van der Waals surface area contributed by atoms with Gasteiger partial charge in [0.05, 0.1) is 21.7 Å². The van der Waals surface area contributed by atoms with Crippen LogP contribution in [0.4, 0.5) is 5.69 Å². The molecule has 1 aromatic carbocycles. The SMILES string of the molecule is O=[N+]([O-])c1cnc2ccccc2c1-c1cccn1CCCO. The van der Waals surface area contributed by atoms with Gasteiger partial charge in [-0.15, -0.1) is 0 Å². The summed E-state index contributed by atoms with van der Waals surface area (Å²) in [7, 11) is 0. The monoisotopic (exact) mass is 297 g/mol. The predicted octanol–water partition coefficient (Wildman–Crippen LogP) is 2.99. The van der Waals surface area contributed by atoms with Crippen molar-refractivity contribution >= 4 is 16.6 Å². The van der Waals surface area contributed by atoms with Crippen LogP contribution in [0.5, 0.6) is 0 Å². The average molecular weight is 297 g/mol. The van der Waals surface area contributed by atoms with Gasteiger partial charge < -0.3 is 9.67 Å². The molecule has 6 nitrogen and oxygen atoms in total. The fraction of sp³-hybridized carbons (Fsp3) is 0.188. The van der Waals surface area contributed by atoms with Crippen molar-refractivity contribution in [3.05, 3.63) is 58.9 Å². The highest BCUT2D eigenvalue weighted by Crippen LogP contribution is 2.35. The van der Waals surface area contributed by atoms with Crippen molar-refractivity contribution in [1.29, 1.82) is 0 Å². The molecule has 3 rings (SSSR count). The van der Waals surface area contributed by atoms with Crippen LogP contribution in [0.25, 0.3) is 22.2 Å². The molecule has 0 atom stereocenters. The molecule has 0 fully saturated rings. The fourth-order valence-corrected chi connectivity index (χ4v) is 2.62. The number of aliphatic hydroxyl groups is 1. The van der Waals surface area contributed by atoms with Gasteiger partial charge in [0.1, 0.15) is 6.20 Å². The van der Waals surface area contributed by atoms with E-state index < -0.39 is 4.92 Å². The number of aliphatic hydroxyl groups excluding tert-OH is 1. The molecule has 112 valence electrons. The highest BCUT2D eigenvalue weighted by Gasteiger charge is 2.21. The Labute approximate surface area is 126 Å². The molecule has 0 saturated heterocycles. The number of aromatic nitrogens is 2. The Morgan fingerprint density at radius 3 is 2.82 bits per heavy atom. The van der Waals surface area contributed by atoms with E-state index in [-0.39, 0.29) is 12.3 Å². The van der Waals surface area contributed by atoms with Crippen LogP contribution in [0.1, 0.15) is 6.42 Å². The van der Waals surface area contributed by atoms with Crippen molar-refractivity contribution in [2.45, 2.75) is 13.0 Å². The molecule has 6 heteroatoms. The largest absolute Gasteiger partial charge is 0.396 e. The Hall–Kier alpha value is -2.73. The normalized spacial score (nSPS) is 11.0. The van der Waals surface area contributed by atoms with E-state index in [1.807, 2.05) is 47.2 Å². The molecule has 2 aromatic heterocycles. The summed E-state index contributed by atoms with van der Waals surface area (Å²) in [5, 5.41) is 21.2. The van der Waals surface area contributed by atoms with Gasteiger partial charge in [-0.25, -0.2) is 4.98 Å². The number of hydrogen-bond acceptors (Lipinski definition) is 4. The number of nitrogens with zero attached hydrogens (tertiary/aromatic N) is 3. The van der Waals surface area contributed by atoms with E-state index in [2.05, 4.69) is 4.98 Å². The van der Waals surface area contributed by atoms with Crippen LogP contribution in [0, 0.1) is 10.1 Å². The van der Waals surface area contributed by atoms with Crippen LogP contribution in [0.15, 0.2) is 48.8 Å². The zero-order chi connectivity index (χ0) is 15.5. The Bertz CT molecular complexity index is 826. The molecular weight excluding hydrogens is 282 g/mol. The summed E-state index contributed by atoms with van der Waals surface area (Å²) in [5.74, 6) is 0. The summed E-state index contributed by atoms with van der Waals surface area (Å²) in [5.41, 5.74) is 2.04. The maximum Gasteiger partial charge on any atom is 0.297 e. The van der Waals surface area contributed by atoms with Gasteiger partial charge in [0.15, 0.2) is 0 Å². The maximum atomic E-state index is 11.4. The molecule has 1 N–H and O–H groups in total. The lowest BCUT2D eigenvalue weighted by atomic mass is 10.0. The molecule has 3 aromatic rings. The molecule has 0 unspecified atom stereocenters. The smallest absolute Gasteiger partial charge is 0.297 e. The third kappa shape index (κ3) is 2.44. The second kappa shape index (κ2) is 5.95. The molecule has 22 heavy (non-hydrogen) atoms. The third-order valence-corrected chi connectivity index (χ3v) is 3.59. The van der Waals surface area contributed by atoms with Crippen LogP contribution in [0.3, 0.4) is 0 Å². The minimum atomic E-state index is -0.405. The predicted molar refractivity (Wildman–Crippen MR) is 83.5 cm³/mol. The van der Waals surface area contributed by atoms with Crippen molar-refractivity contribution in [3.8, 4) is 11.3 Å². The Morgan fingerprint density at radius 1 is 1.23 bits per heavy atom. The van der Waals surface area contributed by atoms with Crippen LogP contribution in [-0.2, 0) is 6.54 Å². The van der Waals surface area contributed by atoms with Crippen LogP contribution in [0.2, 0.25) is 0 Å². The van der Waals surface area contributed by atoms with Gasteiger partial charge in [0.25, 0.3) is 5.69 Å². The molecule has 2 heterocycles. The van der Waals surface area contributed by atoms with Gasteiger partial charge in [-0.3, -0.25) is 10.1 Å². The van der Waals surface area contributed by atoms with Gasteiger partial charge in [0.2, 0.25) is 0 Å². The summed E-state index contributed by atoms with van der Waals surface area (Å²) in [6, 6.07) is 11.1. The number of pyridine rings is 1. The van der Waals surface area contributed by atoms with E-state index in [0.29, 0.717) is 18.5 Å².